The van der Waals surface area contributed by atoms with E-state index in [1.807, 2.05) is 0 Å². The minimum Gasteiger partial charge on any atom is -0.444 e. The molecule has 0 atom stereocenters. The van der Waals surface area contributed by atoms with E-state index in [4.69, 9.17) is 9.57 Å². The van der Waals surface area contributed by atoms with E-state index in [1.54, 1.807) is 36.4 Å². The predicted octanol–water partition coefficient (Wildman–Crippen LogP) is 2.85. The first-order valence-corrected chi connectivity index (χ1v) is 8.11. The lowest BCUT2D eigenvalue weighted by molar-refractivity contribution is -0.114. The lowest BCUT2D eigenvalue weighted by atomic mass is 10.1. The maximum atomic E-state index is 13.8. The molecule has 0 saturated carbocycles. The normalized spacial score (nSPS) is 10.5. The highest BCUT2D eigenvalue weighted by Crippen LogP contribution is 2.19. The summed E-state index contributed by atoms with van der Waals surface area (Å²) in [6, 6.07) is 13.1. The molecule has 0 unspecified atom stereocenters. The quantitative estimate of drug-likeness (QED) is 0.598. The molecule has 2 rings (SSSR count). The summed E-state index contributed by atoms with van der Waals surface area (Å²) in [4.78, 5) is 29.4. The average molecular weight is 373 g/mol. The number of amides is 2. The van der Waals surface area contributed by atoms with Gasteiger partial charge in [0.15, 0.2) is 0 Å². The molecule has 8 heteroatoms. The van der Waals surface area contributed by atoms with E-state index >= 15 is 0 Å². The number of halogens is 1. The molecule has 0 aliphatic heterocycles. The number of carbonyl (C=O) groups is 2. The summed E-state index contributed by atoms with van der Waals surface area (Å²) in [6.07, 6.45) is 0.333. The second kappa shape index (κ2) is 9.91. The van der Waals surface area contributed by atoms with Crippen molar-refractivity contribution in [1.82, 2.24) is 5.32 Å². The first-order valence-electron chi connectivity index (χ1n) is 8.11. The smallest absolute Gasteiger partial charge is 0.414 e. The molecule has 0 aliphatic carbocycles. The first-order chi connectivity index (χ1) is 13.0. The van der Waals surface area contributed by atoms with Gasteiger partial charge in [0.25, 0.3) is 5.91 Å². The lowest BCUT2D eigenvalue weighted by Gasteiger charge is -2.18. The monoisotopic (exact) mass is 373 g/mol. The van der Waals surface area contributed by atoms with Gasteiger partial charge in [0.1, 0.15) is 25.2 Å². The number of rotatable bonds is 7. The molecule has 2 aromatic carbocycles. The van der Waals surface area contributed by atoms with Crippen molar-refractivity contribution in [2.24, 2.45) is 5.16 Å². The van der Waals surface area contributed by atoms with Crippen molar-refractivity contribution in [1.29, 1.82) is 0 Å². The van der Waals surface area contributed by atoms with Gasteiger partial charge in [-0.3, -0.25) is 9.69 Å². The molecular weight excluding hydrogens is 353 g/mol. The average Bonchev–Trinajstić information content (AvgIpc) is 2.69. The Morgan fingerprint density at radius 1 is 1.11 bits per heavy atom. The molecular formula is C19H20FN3O4. The van der Waals surface area contributed by atoms with Gasteiger partial charge in [-0.25, -0.2) is 9.18 Å². The van der Waals surface area contributed by atoms with Crippen LogP contribution in [0.25, 0.3) is 0 Å². The van der Waals surface area contributed by atoms with Crippen molar-refractivity contribution in [2.75, 3.05) is 19.0 Å². The summed E-state index contributed by atoms with van der Waals surface area (Å²) >= 11 is 0. The lowest BCUT2D eigenvalue weighted by Crippen LogP contribution is -2.27. The number of hydrogen-bond acceptors (Lipinski definition) is 5. The fraction of sp³-hybridized carbons (Fsp3) is 0.211. The Morgan fingerprint density at radius 3 is 2.41 bits per heavy atom. The number of anilines is 1. The molecule has 0 fully saturated rings. The second-order valence-electron chi connectivity index (χ2n) is 5.46. The van der Waals surface area contributed by atoms with Crippen LogP contribution in [0.5, 0.6) is 0 Å². The third-order valence-electron chi connectivity index (χ3n) is 3.67. The van der Waals surface area contributed by atoms with Crippen molar-refractivity contribution < 1.29 is 23.6 Å². The van der Waals surface area contributed by atoms with Crippen molar-refractivity contribution in [3.05, 3.63) is 65.5 Å². The Kier molecular flexibility index (Phi) is 7.30. The number of hydrogen-bond donors (Lipinski definition) is 1. The van der Waals surface area contributed by atoms with E-state index in [1.165, 1.54) is 26.2 Å². The second-order valence-corrected chi connectivity index (χ2v) is 5.46. The summed E-state index contributed by atoms with van der Waals surface area (Å²) in [6.45, 7) is 0.0840. The fourth-order valence-corrected chi connectivity index (χ4v) is 2.15. The van der Waals surface area contributed by atoms with Crippen LogP contribution in [0.1, 0.15) is 11.1 Å². The van der Waals surface area contributed by atoms with Crippen molar-refractivity contribution in [3.8, 4) is 0 Å². The third kappa shape index (κ3) is 5.81. The topological polar surface area (TPSA) is 80.2 Å². The van der Waals surface area contributed by atoms with Gasteiger partial charge in [0.05, 0.1) is 5.69 Å². The number of ether oxygens (including phenoxy) is 1. The number of para-hydroxylation sites is 1. The van der Waals surface area contributed by atoms with E-state index in [9.17, 15) is 14.0 Å². The Hall–Kier alpha value is -3.42. The maximum absolute atomic E-state index is 13.8. The third-order valence-corrected chi connectivity index (χ3v) is 3.67. The summed E-state index contributed by atoms with van der Waals surface area (Å²) < 4.78 is 19.0. The molecule has 0 heterocycles. The summed E-state index contributed by atoms with van der Waals surface area (Å²) in [5.41, 5.74) is 1.58. The van der Waals surface area contributed by atoms with Crippen LogP contribution >= 0.6 is 0 Å². The van der Waals surface area contributed by atoms with Crippen LogP contribution in [-0.4, -0.2) is 32.3 Å². The standard InChI is InChI=1S/C19H20FN3O4/c1-21-18(24)11-22-27-13-15-8-4-3-7-14(15)12-26-19(25)23(2)17-10-6-5-9-16(17)20/h3-11H,12-13H2,1-2H3,(H,21,24). The van der Waals surface area contributed by atoms with E-state index in [0.29, 0.717) is 5.56 Å². The van der Waals surface area contributed by atoms with Crippen LogP contribution in [0.3, 0.4) is 0 Å². The van der Waals surface area contributed by atoms with Crippen molar-refractivity contribution >= 4 is 23.9 Å². The van der Waals surface area contributed by atoms with Gasteiger partial charge in [0, 0.05) is 14.1 Å². The van der Waals surface area contributed by atoms with Gasteiger partial charge >= 0.3 is 6.09 Å². The first kappa shape index (κ1) is 19.9. The van der Waals surface area contributed by atoms with Crippen LogP contribution in [0.2, 0.25) is 0 Å². The molecule has 0 aliphatic rings. The Bertz CT molecular complexity index is 826. The number of nitrogens with one attached hydrogen (secondary N) is 1. The molecule has 142 valence electrons. The molecule has 2 aromatic rings. The van der Waals surface area contributed by atoms with Gasteiger partial charge in [-0.05, 0) is 23.3 Å². The van der Waals surface area contributed by atoms with Gasteiger partial charge in [0.2, 0.25) is 0 Å². The van der Waals surface area contributed by atoms with Gasteiger partial charge in [-0.2, -0.15) is 0 Å². The molecule has 27 heavy (non-hydrogen) atoms. The molecule has 1 N–H and O–H groups in total. The van der Waals surface area contributed by atoms with Crippen LogP contribution in [0.15, 0.2) is 53.7 Å². The zero-order valence-corrected chi connectivity index (χ0v) is 15.0. The van der Waals surface area contributed by atoms with Crippen LogP contribution in [0.4, 0.5) is 14.9 Å². The van der Waals surface area contributed by atoms with E-state index < -0.39 is 11.9 Å². The van der Waals surface area contributed by atoms with E-state index in [0.717, 1.165) is 16.7 Å². The largest absolute Gasteiger partial charge is 0.444 e. The molecule has 2 amide bonds. The van der Waals surface area contributed by atoms with Crippen LogP contribution in [-0.2, 0) is 27.6 Å². The van der Waals surface area contributed by atoms with Crippen LogP contribution < -0.4 is 10.2 Å². The number of carbonyl (C=O) groups excluding carboxylic acids is 2. The SMILES string of the molecule is CNC(=O)C=NOCc1ccccc1COC(=O)N(C)c1ccccc1F. The maximum Gasteiger partial charge on any atom is 0.414 e. The zero-order valence-electron chi connectivity index (χ0n) is 15.0. The van der Waals surface area contributed by atoms with Crippen molar-refractivity contribution in [2.45, 2.75) is 13.2 Å². The predicted molar refractivity (Wildman–Crippen MR) is 98.8 cm³/mol. The zero-order chi connectivity index (χ0) is 19.6. The Balaban J connectivity index is 1.95. The van der Waals surface area contributed by atoms with E-state index in [-0.39, 0.29) is 24.8 Å². The van der Waals surface area contributed by atoms with Crippen molar-refractivity contribution in [3.63, 3.8) is 0 Å². The van der Waals surface area contributed by atoms with E-state index in [2.05, 4.69) is 10.5 Å². The Labute approximate surface area is 156 Å². The highest BCUT2D eigenvalue weighted by molar-refractivity contribution is 6.25. The number of nitrogens with zero attached hydrogens (tertiary/aromatic N) is 2. The minimum atomic E-state index is -0.687. The fourth-order valence-electron chi connectivity index (χ4n) is 2.15. The highest BCUT2D eigenvalue weighted by Gasteiger charge is 2.16. The number of oxime groups is 1. The number of benzene rings is 2. The highest BCUT2D eigenvalue weighted by atomic mass is 19.1. The molecule has 0 radical (unpaired) electrons. The molecule has 0 aromatic heterocycles. The molecule has 0 saturated heterocycles. The summed E-state index contributed by atoms with van der Waals surface area (Å²) in [5, 5.41) is 5.94. The molecule has 0 spiro atoms. The summed E-state index contributed by atoms with van der Waals surface area (Å²) in [7, 11) is 2.92. The molecule has 0 bridgehead atoms. The Morgan fingerprint density at radius 2 is 1.74 bits per heavy atom. The van der Waals surface area contributed by atoms with Gasteiger partial charge < -0.3 is 14.9 Å². The van der Waals surface area contributed by atoms with Gasteiger partial charge in [-0.15, -0.1) is 0 Å². The van der Waals surface area contributed by atoms with Gasteiger partial charge in [-0.1, -0.05) is 41.6 Å². The van der Waals surface area contributed by atoms with Crippen LogP contribution in [0, 0.1) is 5.82 Å². The minimum absolute atomic E-state index is 0.0175. The molecule has 7 nitrogen and oxygen atoms in total. The summed E-state index contributed by atoms with van der Waals surface area (Å²) in [5.74, 6) is -0.895.